The van der Waals surface area contributed by atoms with Crippen LogP contribution in [-0.2, 0) is 13.1 Å². The van der Waals surface area contributed by atoms with Gasteiger partial charge in [-0.15, -0.1) is 0 Å². The van der Waals surface area contributed by atoms with E-state index in [1.807, 2.05) is 23.6 Å². The highest BCUT2D eigenvalue weighted by atomic mass is 16.3. The number of carbonyl (C=O) groups excluding carboxylic acids is 1. The van der Waals surface area contributed by atoms with E-state index in [0.29, 0.717) is 44.3 Å². The Kier molecular flexibility index (Phi) is 4.98. The number of rotatable bonds is 3. The minimum atomic E-state index is -0.374. The van der Waals surface area contributed by atoms with Crippen molar-refractivity contribution in [2.24, 2.45) is 11.3 Å². The molecule has 7 nitrogen and oxygen atoms in total. The van der Waals surface area contributed by atoms with Crippen molar-refractivity contribution >= 4 is 5.91 Å². The third kappa shape index (κ3) is 3.70. The van der Waals surface area contributed by atoms with E-state index >= 15 is 0 Å². The van der Waals surface area contributed by atoms with E-state index in [-0.39, 0.29) is 22.4 Å². The molecule has 3 aliphatic rings. The predicted octanol–water partition coefficient (Wildman–Crippen LogP) is 2.83. The fourth-order valence-corrected chi connectivity index (χ4v) is 5.46. The number of piperidine rings is 2. The van der Waals surface area contributed by atoms with Crippen LogP contribution in [0, 0.1) is 22.7 Å². The highest BCUT2D eigenvalue weighted by Crippen LogP contribution is 2.36. The van der Waals surface area contributed by atoms with Gasteiger partial charge in [0.1, 0.15) is 5.56 Å². The van der Waals surface area contributed by atoms with E-state index in [9.17, 15) is 14.9 Å². The molecule has 2 saturated heterocycles. The fourth-order valence-electron chi connectivity index (χ4n) is 5.46. The second-order valence-corrected chi connectivity index (χ2v) is 9.68. The number of nitriles is 1. The molecule has 3 aliphatic heterocycles. The van der Waals surface area contributed by atoms with Gasteiger partial charge >= 0.3 is 0 Å². The summed E-state index contributed by atoms with van der Waals surface area (Å²) in [4.78, 5) is 30.6. The highest BCUT2D eigenvalue weighted by Gasteiger charge is 2.37. The number of aromatic nitrogens is 1. The summed E-state index contributed by atoms with van der Waals surface area (Å²) in [5.41, 5.74) is 1.95. The maximum Gasteiger partial charge on any atom is 0.263 e. The first-order chi connectivity index (χ1) is 15.0. The van der Waals surface area contributed by atoms with Crippen LogP contribution < -0.4 is 5.56 Å². The Labute approximate surface area is 181 Å². The number of hydrogen-bond acceptors (Lipinski definition) is 5. The standard InChI is InChI=1S/C24H28N4O3/c1-24(16-25)5-7-27(8-6-24)22(29)20-2-3-21-19-10-18(13-28(21)23(20)30)12-26(14-19)11-17-4-9-31-15-17/h2-4,9,15,18-19H,5-8,10-14H2,1H3/t18-,19+/m0/s1. The second-order valence-electron chi connectivity index (χ2n) is 9.68. The fraction of sp³-hybridized carbons (Fsp3) is 0.542. The smallest absolute Gasteiger partial charge is 0.263 e. The molecule has 7 heteroatoms. The van der Waals surface area contributed by atoms with Crippen LogP contribution in [0.15, 0.2) is 39.9 Å². The van der Waals surface area contributed by atoms with Crippen LogP contribution in [0.2, 0.25) is 0 Å². The molecule has 0 N–H and O–H groups in total. The van der Waals surface area contributed by atoms with Crippen molar-refractivity contribution in [3.8, 4) is 6.07 Å². The van der Waals surface area contributed by atoms with Crippen molar-refractivity contribution in [1.29, 1.82) is 5.26 Å². The first-order valence-corrected chi connectivity index (χ1v) is 11.1. The summed E-state index contributed by atoms with van der Waals surface area (Å²) < 4.78 is 7.05. The van der Waals surface area contributed by atoms with E-state index in [4.69, 9.17) is 4.42 Å². The zero-order valence-corrected chi connectivity index (χ0v) is 17.9. The summed E-state index contributed by atoms with van der Waals surface area (Å²) in [6.07, 6.45) is 5.89. The maximum atomic E-state index is 13.3. The Hall–Kier alpha value is -2.85. The molecule has 2 aromatic heterocycles. The van der Waals surface area contributed by atoms with Gasteiger partial charge in [-0.05, 0) is 50.3 Å². The van der Waals surface area contributed by atoms with Crippen LogP contribution in [-0.4, -0.2) is 46.5 Å². The number of amides is 1. The summed E-state index contributed by atoms with van der Waals surface area (Å²) in [6.45, 7) is 6.38. The lowest BCUT2D eigenvalue weighted by Gasteiger charge is -2.43. The highest BCUT2D eigenvalue weighted by molar-refractivity contribution is 5.94. The molecule has 0 aliphatic carbocycles. The Bertz CT molecular complexity index is 1070. The first-order valence-electron chi connectivity index (χ1n) is 11.1. The molecule has 2 fully saturated rings. The van der Waals surface area contributed by atoms with E-state index in [1.54, 1.807) is 23.5 Å². The Morgan fingerprint density at radius 1 is 1.23 bits per heavy atom. The molecule has 0 unspecified atom stereocenters. The predicted molar refractivity (Wildman–Crippen MR) is 114 cm³/mol. The third-order valence-corrected chi connectivity index (χ3v) is 7.32. The number of fused-ring (bicyclic) bond motifs is 4. The average Bonchev–Trinajstić information content (AvgIpc) is 3.27. The Balaban J connectivity index is 1.35. The molecule has 162 valence electrons. The molecule has 0 spiro atoms. The topological polar surface area (TPSA) is 82.5 Å². The Morgan fingerprint density at radius 2 is 2.03 bits per heavy atom. The lowest BCUT2D eigenvalue weighted by atomic mass is 9.81. The largest absolute Gasteiger partial charge is 0.472 e. The number of pyridine rings is 1. The summed E-state index contributed by atoms with van der Waals surface area (Å²) in [5, 5.41) is 9.32. The number of hydrogen-bond donors (Lipinski definition) is 0. The zero-order chi connectivity index (χ0) is 21.6. The molecule has 5 heterocycles. The van der Waals surface area contributed by atoms with Crippen molar-refractivity contribution < 1.29 is 9.21 Å². The summed E-state index contributed by atoms with van der Waals surface area (Å²) >= 11 is 0. The number of carbonyl (C=O) groups is 1. The molecule has 2 bridgehead atoms. The van der Waals surface area contributed by atoms with Crippen LogP contribution in [0.3, 0.4) is 0 Å². The van der Waals surface area contributed by atoms with Crippen LogP contribution in [0.4, 0.5) is 0 Å². The quantitative estimate of drug-likeness (QED) is 0.763. The van der Waals surface area contributed by atoms with Crippen LogP contribution in [0.1, 0.15) is 53.7 Å². The monoisotopic (exact) mass is 420 g/mol. The van der Waals surface area contributed by atoms with Crippen molar-refractivity contribution in [3.05, 3.63) is 57.9 Å². The SMILES string of the molecule is CC1(C#N)CCN(C(=O)c2ccc3n(c2=O)C[C@H]2C[C@@H]3CN(Cc3ccoc3)C2)CC1. The molecular formula is C24H28N4O3. The lowest BCUT2D eigenvalue weighted by molar-refractivity contribution is 0.0657. The van der Waals surface area contributed by atoms with E-state index < -0.39 is 0 Å². The molecule has 2 aromatic rings. The van der Waals surface area contributed by atoms with E-state index in [0.717, 1.165) is 31.7 Å². The van der Waals surface area contributed by atoms with Gasteiger partial charge in [-0.2, -0.15) is 5.26 Å². The number of nitrogens with zero attached hydrogens (tertiary/aromatic N) is 4. The molecule has 31 heavy (non-hydrogen) atoms. The van der Waals surface area contributed by atoms with Gasteiger partial charge in [0.05, 0.1) is 24.0 Å². The summed E-state index contributed by atoms with van der Waals surface area (Å²) in [7, 11) is 0. The minimum Gasteiger partial charge on any atom is -0.472 e. The van der Waals surface area contributed by atoms with Gasteiger partial charge in [0.15, 0.2) is 0 Å². The molecule has 2 atom stereocenters. The molecule has 1 amide bonds. The number of likely N-dealkylation sites (tertiary alicyclic amines) is 2. The minimum absolute atomic E-state index is 0.158. The maximum absolute atomic E-state index is 13.3. The van der Waals surface area contributed by atoms with Crippen LogP contribution in [0.25, 0.3) is 0 Å². The number of furan rings is 1. The molecular weight excluding hydrogens is 392 g/mol. The van der Waals surface area contributed by atoms with Gasteiger partial charge in [-0.1, -0.05) is 0 Å². The molecule has 0 aromatic carbocycles. The van der Waals surface area contributed by atoms with Crippen molar-refractivity contribution in [1.82, 2.24) is 14.4 Å². The van der Waals surface area contributed by atoms with E-state index in [1.165, 1.54) is 5.56 Å². The van der Waals surface area contributed by atoms with Crippen molar-refractivity contribution in [2.45, 2.75) is 45.2 Å². The summed E-state index contributed by atoms with van der Waals surface area (Å²) in [6, 6.07) is 8.07. The summed E-state index contributed by atoms with van der Waals surface area (Å²) in [5.74, 6) is 0.521. The van der Waals surface area contributed by atoms with Crippen molar-refractivity contribution in [3.63, 3.8) is 0 Å². The molecule has 0 saturated carbocycles. The van der Waals surface area contributed by atoms with Crippen LogP contribution in [0.5, 0.6) is 0 Å². The van der Waals surface area contributed by atoms with Gasteiger partial charge in [0.25, 0.3) is 11.5 Å². The third-order valence-electron chi connectivity index (χ3n) is 7.32. The normalized spacial score (nSPS) is 25.0. The van der Waals surface area contributed by atoms with Crippen molar-refractivity contribution in [2.75, 3.05) is 26.2 Å². The first kappa shape index (κ1) is 20.1. The molecule has 0 radical (unpaired) electrons. The van der Waals surface area contributed by atoms with Gasteiger partial charge in [0.2, 0.25) is 0 Å². The Morgan fingerprint density at radius 3 is 2.74 bits per heavy atom. The van der Waals surface area contributed by atoms with Gasteiger partial charge in [0, 0.05) is 56.4 Å². The lowest BCUT2D eigenvalue weighted by Crippen LogP contribution is -2.48. The average molecular weight is 421 g/mol. The molecule has 5 rings (SSSR count). The van der Waals surface area contributed by atoms with Gasteiger partial charge in [-0.3, -0.25) is 14.5 Å². The second kappa shape index (κ2) is 7.69. The van der Waals surface area contributed by atoms with E-state index in [2.05, 4.69) is 11.0 Å². The zero-order valence-electron chi connectivity index (χ0n) is 17.9. The van der Waals surface area contributed by atoms with Gasteiger partial charge < -0.3 is 13.9 Å². The van der Waals surface area contributed by atoms with Crippen LogP contribution >= 0.6 is 0 Å². The van der Waals surface area contributed by atoms with Gasteiger partial charge in [-0.25, -0.2) is 0 Å².